The molecule has 158 valence electrons. The topological polar surface area (TPSA) is 55.5 Å². The number of rotatable bonds is 4. The Morgan fingerprint density at radius 1 is 1.13 bits per heavy atom. The number of benzene rings is 2. The zero-order valence-corrected chi connectivity index (χ0v) is 17.7. The number of nitrogens with zero attached hydrogens (tertiary/aromatic N) is 2. The molecule has 0 aliphatic heterocycles. The maximum atomic E-state index is 14.3. The van der Waals surface area contributed by atoms with Crippen molar-refractivity contribution in [3.63, 3.8) is 0 Å². The van der Waals surface area contributed by atoms with Gasteiger partial charge in [-0.25, -0.2) is 13.6 Å². The Labute approximate surface area is 177 Å². The number of aryl methyl sites for hydroxylation is 1. The van der Waals surface area contributed by atoms with E-state index in [1.807, 2.05) is 0 Å². The zero-order valence-electron chi connectivity index (χ0n) is 16.9. The lowest BCUT2D eigenvalue weighted by Crippen LogP contribution is -2.43. The zero-order chi connectivity index (χ0) is 22.2. The first-order chi connectivity index (χ1) is 14.1. The van der Waals surface area contributed by atoms with Crippen molar-refractivity contribution in [2.75, 3.05) is 4.90 Å². The van der Waals surface area contributed by atoms with Gasteiger partial charge in [-0.1, -0.05) is 41.5 Å². The van der Waals surface area contributed by atoms with Crippen LogP contribution in [0.4, 0.5) is 19.3 Å². The third-order valence-electron chi connectivity index (χ3n) is 4.89. The lowest BCUT2D eigenvalue weighted by Gasteiger charge is -2.26. The average Bonchev–Trinajstić information content (AvgIpc) is 2.97. The Morgan fingerprint density at radius 2 is 1.80 bits per heavy atom. The molecule has 1 unspecified atom stereocenters. The van der Waals surface area contributed by atoms with Crippen molar-refractivity contribution in [1.82, 2.24) is 4.74 Å². The third-order valence-corrected chi connectivity index (χ3v) is 5.24. The van der Waals surface area contributed by atoms with E-state index >= 15 is 0 Å². The standard InChI is InChI=1S/C22H21ClF2N2O3/c1-12(2)26(19-10-9-15(24)11-18(19)25)22(29)27-21(28)20(14(4)30-27)13(3)16-7-5-6-8-17(16)23/h5-13H,1-4H3. The van der Waals surface area contributed by atoms with E-state index in [4.69, 9.17) is 16.1 Å². The summed E-state index contributed by atoms with van der Waals surface area (Å²) in [5, 5.41) is 0.486. The van der Waals surface area contributed by atoms with E-state index in [0.717, 1.165) is 17.0 Å². The number of aromatic nitrogens is 1. The minimum atomic E-state index is -0.918. The molecule has 1 atom stereocenters. The molecule has 2 aromatic carbocycles. The van der Waals surface area contributed by atoms with Gasteiger partial charge in [-0.15, -0.1) is 0 Å². The first-order valence-corrected chi connectivity index (χ1v) is 9.77. The molecule has 8 heteroatoms. The summed E-state index contributed by atoms with van der Waals surface area (Å²) in [7, 11) is 0. The van der Waals surface area contributed by atoms with E-state index in [0.29, 0.717) is 21.4 Å². The highest BCUT2D eigenvalue weighted by Gasteiger charge is 2.30. The molecule has 1 heterocycles. The van der Waals surface area contributed by atoms with Crippen molar-refractivity contribution in [2.45, 2.75) is 39.7 Å². The average molecular weight is 435 g/mol. The smallest absolute Gasteiger partial charge is 0.365 e. The Kier molecular flexibility index (Phi) is 6.12. The summed E-state index contributed by atoms with van der Waals surface area (Å²) >= 11 is 6.26. The lowest BCUT2D eigenvalue weighted by molar-refractivity contribution is 0.210. The number of hydrogen-bond donors (Lipinski definition) is 0. The van der Waals surface area contributed by atoms with Gasteiger partial charge in [0.05, 0.1) is 11.3 Å². The molecule has 0 saturated heterocycles. The van der Waals surface area contributed by atoms with Gasteiger partial charge in [0, 0.05) is 23.0 Å². The van der Waals surface area contributed by atoms with Gasteiger partial charge in [0.25, 0.3) is 5.56 Å². The van der Waals surface area contributed by atoms with Crippen LogP contribution in [0.25, 0.3) is 0 Å². The number of hydrogen-bond acceptors (Lipinski definition) is 3. The van der Waals surface area contributed by atoms with E-state index in [1.54, 1.807) is 52.0 Å². The third kappa shape index (κ3) is 3.89. The van der Waals surface area contributed by atoms with Gasteiger partial charge in [0.15, 0.2) is 0 Å². The fourth-order valence-corrected chi connectivity index (χ4v) is 3.76. The van der Waals surface area contributed by atoms with Crippen LogP contribution in [-0.4, -0.2) is 16.8 Å². The molecule has 3 rings (SSSR count). The van der Waals surface area contributed by atoms with Crippen molar-refractivity contribution >= 4 is 23.3 Å². The van der Waals surface area contributed by atoms with Gasteiger partial charge in [-0.3, -0.25) is 9.69 Å². The number of carbonyl (C=O) groups excluding carboxylic acids is 1. The molecule has 0 spiro atoms. The minimum absolute atomic E-state index is 0.155. The maximum absolute atomic E-state index is 14.3. The highest BCUT2D eigenvalue weighted by molar-refractivity contribution is 6.31. The minimum Gasteiger partial charge on any atom is -0.372 e. The molecule has 0 aliphatic rings. The highest BCUT2D eigenvalue weighted by atomic mass is 35.5. The van der Waals surface area contributed by atoms with Crippen molar-refractivity contribution < 1.29 is 18.1 Å². The predicted molar refractivity (Wildman–Crippen MR) is 111 cm³/mol. The number of amides is 1. The Balaban J connectivity index is 2.07. The summed E-state index contributed by atoms with van der Waals surface area (Å²) < 4.78 is 33.7. The number of anilines is 1. The summed E-state index contributed by atoms with van der Waals surface area (Å²) in [5.41, 5.74) is 0.181. The van der Waals surface area contributed by atoms with Crippen LogP contribution in [0.1, 0.15) is 43.6 Å². The molecule has 3 aromatic rings. The molecular formula is C22H21ClF2N2O3. The molecule has 0 aliphatic carbocycles. The van der Waals surface area contributed by atoms with Crippen LogP contribution in [0.5, 0.6) is 0 Å². The van der Waals surface area contributed by atoms with E-state index in [1.165, 1.54) is 0 Å². The largest absolute Gasteiger partial charge is 0.372 e. The van der Waals surface area contributed by atoms with Crippen LogP contribution >= 0.6 is 11.6 Å². The predicted octanol–water partition coefficient (Wildman–Crippen LogP) is 5.72. The van der Waals surface area contributed by atoms with Gasteiger partial charge in [-0.2, -0.15) is 0 Å². The number of carbonyl (C=O) groups is 1. The monoisotopic (exact) mass is 434 g/mol. The van der Waals surface area contributed by atoms with E-state index in [2.05, 4.69) is 0 Å². The molecule has 0 N–H and O–H groups in total. The van der Waals surface area contributed by atoms with Crippen LogP contribution in [-0.2, 0) is 0 Å². The van der Waals surface area contributed by atoms with E-state index in [-0.39, 0.29) is 17.0 Å². The quantitative estimate of drug-likeness (QED) is 0.528. The molecule has 0 radical (unpaired) electrons. The summed E-state index contributed by atoms with van der Waals surface area (Å²) in [4.78, 5) is 27.3. The molecule has 0 fully saturated rings. The molecule has 5 nitrogen and oxygen atoms in total. The SMILES string of the molecule is Cc1on(C(=O)N(c2ccc(F)cc2F)C(C)C)c(=O)c1C(C)c1ccccc1Cl. The first kappa shape index (κ1) is 21.8. The second-order valence-electron chi connectivity index (χ2n) is 7.25. The highest BCUT2D eigenvalue weighted by Crippen LogP contribution is 2.30. The van der Waals surface area contributed by atoms with Crippen LogP contribution in [0, 0.1) is 18.6 Å². The Hall–Kier alpha value is -2.93. The molecule has 0 bridgehead atoms. The Morgan fingerprint density at radius 3 is 2.40 bits per heavy atom. The van der Waals surface area contributed by atoms with Gasteiger partial charge in [0.1, 0.15) is 17.4 Å². The maximum Gasteiger partial charge on any atom is 0.365 e. The van der Waals surface area contributed by atoms with Crippen molar-refractivity contribution in [3.05, 3.63) is 86.4 Å². The first-order valence-electron chi connectivity index (χ1n) is 9.39. The van der Waals surface area contributed by atoms with Crippen molar-refractivity contribution in [1.29, 1.82) is 0 Å². The molecule has 1 amide bonds. The Bertz CT molecular complexity index is 1150. The van der Waals surface area contributed by atoms with Gasteiger partial charge >= 0.3 is 6.03 Å². The molecule has 0 saturated carbocycles. The summed E-state index contributed by atoms with van der Waals surface area (Å²) in [6.45, 7) is 6.66. The van der Waals surface area contributed by atoms with Gasteiger partial charge in [-0.05, 0) is 44.5 Å². The van der Waals surface area contributed by atoms with Gasteiger partial charge < -0.3 is 4.52 Å². The fraction of sp³-hybridized carbons (Fsp3) is 0.273. The number of halogens is 3. The van der Waals surface area contributed by atoms with Gasteiger partial charge in [0.2, 0.25) is 0 Å². The normalized spacial score (nSPS) is 12.3. The van der Waals surface area contributed by atoms with Crippen LogP contribution in [0.2, 0.25) is 5.02 Å². The summed E-state index contributed by atoms with van der Waals surface area (Å²) in [6, 6.07) is 8.55. The van der Waals surface area contributed by atoms with E-state index < -0.39 is 35.2 Å². The lowest BCUT2D eigenvalue weighted by atomic mass is 9.94. The van der Waals surface area contributed by atoms with Crippen molar-refractivity contribution in [2.24, 2.45) is 0 Å². The van der Waals surface area contributed by atoms with E-state index in [9.17, 15) is 18.4 Å². The second-order valence-corrected chi connectivity index (χ2v) is 7.65. The molecule has 1 aromatic heterocycles. The second kappa shape index (κ2) is 8.44. The molecular weight excluding hydrogens is 414 g/mol. The molecule has 30 heavy (non-hydrogen) atoms. The fourth-order valence-electron chi connectivity index (χ4n) is 3.46. The summed E-state index contributed by atoms with van der Waals surface area (Å²) in [5.74, 6) is -1.87. The van der Waals surface area contributed by atoms with Crippen LogP contribution in [0.15, 0.2) is 51.8 Å². The van der Waals surface area contributed by atoms with Crippen molar-refractivity contribution in [3.8, 4) is 0 Å². The summed E-state index contributed by atoms with van der Waals surface area (Å²) in [6.07, 6.45) is 0. The van der Waals surface area contributed by atoms with Crippen LogP contribution < -0.4 is 10.5 Å². The van der Waals surface area contributed by atoms with Crippen LogP contribution in [0.3, 0.4) is 0 Å².